The van der Waals surface area contributed by atoms with E-state index in [1.165, 1.54) is 69.6 Å². The van der Waals surface area contributed by atoms with Gasteiger partial charge in [-0.1, -0.05) is 108 Å². The van der Waals surface area contributed by atoms with E-state index in [1.54, 1.807) is 24.3 Å². The summed E-state index contributed by atoms with van der Waals surface area (Å²) in [7, 11) is 0. The second-order valence-corrected chi connectivity index (χ2v) is 18.4. The number of carbonyl (C=O) groups is 3. The molecule has 318 valence electrons. The fourth-order valence-corrected chi connectivity index (χ4v) is 8.39. The smallest absolute Gasteiger partial charge is 0.201 e. The van der Waals surface area contributed by atoms with Crippen LogP contribution in [0.15, 0.2) is 72.8 Å². The Kier molecular flexibility index (Phi) is 18.0. The zero-order valence-electron chi connectivity index (χ0n) is 36.7. The van der Waals surface area contributed by atoms with Gasteiger partial charge in [0.1, 0.15) is 5.82 Å². The maximum Gasteiger partial charge on any atom is 0.201 e. The van der Waals surface area contributed by atoms with Crippen molar-refractivity contribution in [3.05, 3.63) is 106 Å². The van der Waals surface area contributed by atoms with Crippen molar-refractivity contribution < 1.29 is 23.2 Å². The normalized spacial score (nSPS) is 18.2. The van der Waals surface area contributed by atoms with Crippen LogP contribution in [0.5, 0.6) is 0 Å². The van der Waals surface area contributed by atoms with Gasteiger partial charge in [0.2, 0.25) is 5.78 Å². The van der Waals surface area contributed by atoms with E-state index in [1.807, 2.05) is 57.2 Å². The highest BCUT2D eigenvalue weighted by atomic mass is 19.1. The largest absolute Gasteiger partial charge is 0.302 e. The van der Waals surface area contributed by atoms with Crippen LogP contribution in [-0.4, -0.2) is 96.6 Å². The lowest BCUT2D eigenvalue weighted by molar-refractivity contribution is 0.0576. The van der Waals surface area contributed by atoms with Crippen molar-refractivity contribution in [3.8, 4) is 0 Å². The quantitative estimate of drug-likeness (QED) is 0.161. The summed E-state index contributed by atoms with van der Waals surface area (Å²) >= 11 is 0. The van der Waals surface area contributed by atoms with Crippen molar-refractivity contribution in [1.29, 1.82) is 0 Å². The average Bonchev–Trinajstić information content (AvgIpc) is 3.22. The molecule has 3 aliphatic heterocycles. The van der Waals surface area contributed by atoms with E-state index in [-0.39, 0.29) is 29.3 Å². The summed E-state index contributed by atoms with van der Waals surface area (Å²) in [5.41, 5.74) is 1.76. The van der Waals surface area contributed by atoms with Crippen LogP contribution in [0, 0.1) is 23.6 Å². The zero-order valence-corrected chi connectivity index (χ0v) is 36.7. The first kappa shape index (κ1) is 47.1. The Balaban J connectivity index is 0.000000193. The minimum atomic E-state index is -1.80. The van der Waals surface area contributed by atoms with Gasteiger partial charge in [-0.05, 0) is 128 Å². The number of hydrogen-bond donors (Lipinski definition) is 0. The minimum Gasteiger partial charge on any atom is -0.302 e. The molecule has 3 aromatic rings. The number of halogens is 2. The fraction of sp³-hybridized carbons (Fsp3) is 0.580. The molecule has 0 N–H and O–H groups in total. The number of likely N-dealkylation sites (tertiary alicyclic amines) is 3. The van der Waals surface area contributed by atoms with Crippen LogP contribution in [0.3, 0.4) is 0 Å². The number of alkyl halides is 1. The Morgan fingerprint density at radius 1 is 0.500 bits per heavy atom. The molecule has 0 spiro atoms. The van der Waals surface area contributed by atoms with Crippen molar-refractivity contribution in [2.75, 3.05) is 58.9 Å². The number of benzene rings is 3. The number of ketones is 3. The molecule has 8 heteroatoms. The third kappa shape index (κ3) is 14.6. The van der Waals surface area contributed by atoms with Crippen LogP contribution in [0.2, 0.25) is 0 Å². The fourth-order valence-electron chi connectivity index (χ4n) is 8.39. The second-order valence-electron chi connectivity index (χ2n) is 18.4. The van der Waals surface area contributed by atoms with Gasteiger partial charge in [-0.3, -0.25) is 19.3 Å². The van der Waals surface area contributed by atoms with E-state index in [0.717, 1.165) is 82.7 Å². The molecule has 3 aromatic carbocycles. The Morgan fingerprint density at radius 2 is 0.828 bits per heavy atom. The molecular weight excluding hydrogens is 729 g/mol. The van der Waals surface area contributed by atoms with Gasteiger partial charge in [0.05, 0.1) is 0 Å². The molecule has 3 fully saturated rings. The van der Waals surface area contributed by atoms with Crippen LogP contribution < -0.4 is 0 Å². The maximum atomic E-state index is 14.7. The van der Waals surface area contributed by atoms with Crippen LogP contribution in [0.25, 0.3) is 0 Å². The van der Waals surface area contributed by atoms with Crippen molar-refractivity contribution >= 4 is 17.3 Å². The highest BCUT2D eigenvalue weighted by Gasteiger charge is 2.36. The molecule has 0 aromatic heterocycles. The third-order valence-electron chi connectivity index (χ3n) is 11.9. The lowest BCUT2D eigenvalue weighted by atomic mass is 9.83. The van der Waals surface area contributed by atoms with Crippen LogP contribution in [0.1, 0.15) is 142 Å². The summed E-state index contributed by atoms with van der Waals surface area (Å²) in [6.07, 6.45) is 12.0. The Hall–Kier alpha value is -3.59. The Labute approximate surface area is 348 Å². The lowest BCUT2D eigenvalue weighted by Crippen LogP contribution is -2.45. The summed E-state index contributed by atoms with van der Waals surface area (Å²) < 4.78 is 27.6. The number of aryl methyl sites for hydroxylation is 2. The van der Waals surface area contributed by atoms with Gasteiger partial charge in [0, 0.05) is 47.2 Å². The summed E-state index contributed by atoms with van der Waals surface area (Å²) in [5, 5.41) is 0. The van der Waals surface area contributed by atoms with Crippen molar-refractivity contribution in [1.82, 2.24) is 14.7 Å². The molecule has 1 unspecified atom stereocenters. The molecular formula is C50H71F2N3O3. The highest BCUT2D eigenvalue weighted by molar-refractivity contribution is 6.02. The molecule has 3 aliphatic rings. The number of hydrogen-bond acceptors (Lipinski definition) is 6. The van der Waals surface area contributed by atoms with E-state index in [2.05, 4.69) is 35.5 Å². The Bertz CT molecular complexity index is 1630. The molecule has 3 heterocycles. The average molecular weight is 800 g/mol. The molecule has 6 rings (SSSR count). The standard InChI is InChI=1S/C17H24FNO.C17H25NO.C16H22FNO/c1-3-14-7-9-15(10-8-14)16(20)17(2,18)13-19-11-5-4-6-12-19;1-14-7-9-15(10-8-14)16(19)17(2,3)13-18-11-5-4-6-12-18;1-16(2,12-18-10-4-3-5-11-18)15(19)13-6-8-14(17)9-7-13/h7-10H,3-6,11-13H2,1-2H3;7-10H,4-6,11-13H2,1-3H3;6-9H,3-5,10-12H2,1-2H3. The SMILES string of the molecule is CC(C)(CN1CCCCC1)C(=O)c1ccc(F)cc1.CCc1ccc(C(=O)C(C)(F)CN2CCCCC2)cc1.Cc1ccc(C(=O)C(C)(C)CN2CCCCC2)cc1. The first-order chi connectivity index (χ1) is 27.5. The predicted octanol–water partition coefficient (Wildman–Crippen LogP) is 10.9. The number of nitrogens with zero attached hydrogens (tertiary/aromatic N) is 3. The zero-order chi connectivity index (χ0) is 42.3. The molecule has 3 saturated heterocycles. The summed E-state index contributed by atoms with van der Waals surface area (Å²) in [4.78, 5) is 44.3. The van der Waals surface area contributed by atoms with E-state index < -0.39 is 16.9 Å². The molecule has 58 heavy (non-hydrogen) atoms. The molecule has 1 atom stereocenters. The van der Waals surface area contributed by atoms with Crippen molar-refractivity contribution in [2.24, 2.45) is 10.8 Å². The van der Waals surface area contributed by atoms with Crippen molar-refractivity contribution in [3.63, 3.8) is 0 Å². The molecule has 0 aliphatic carbocycles. The third-order valence-corrected chi connectivity index (χ3v) is 11.9. The maximum absolute atomic E-state index is 14.7. The summed E-state index contributed by atoms with van der Waals surface area (Å²) in [5.74, 6) is -0.340. The minimum absolute atomic E-state index is 0.0954. The number of carbonyl (C=O) groups excluding carboxylic acids is 3. The highest BCUT2D eigenvalue weighted by Crippen LogP contribution is 2.27. The van der Waals surface area contributed by atoms with Crippen molar-refractivity contribution in [2.45, 2.75) is 118 Å². The number of piperidine rings is 3. The first-order valence-corrected chi connectivity index (χ1v) is 21.9. The molecule has 0 saturated carbocycles. The number of rotatable bonds is 13. The van der Waals surface area contributed by atoms with Gasteiger partial charge in [-0.25, -0.2) is 8.78 Å². The van der Waals surface area contributed by atoms with Gasteiger partial charge in [0.15, 0.2) is 17.2 Å². The van der Waals surface area contributed by atoms with Gasteiger partial charge in [0.25, 0.3) is 0 Å². The summed E-state index contributed by atoms with van der Waals surface area (Å²) in [6.45, 7) is 21.8. The second kappa shape index (κ2) is 22.1. The predicted molar refractivity (Wildman–Crippen MR) is 234 cm³/mol. The summed E-state index contributed by atoms with van der Waals surface area (Å²) in [6, 6.07) is 21.1. The lowest BCUT2D eigenvalue weighted by Gasteiger charge is -2.34. The van der Waals surface area contributed by atoms with Gasteiger partial charge < -0.3 is 9.80 Å². The van der Waals surface area contributed by atoms with Crippen LogP contribution in [-0.2, 0) is 6.42 Å². The van der Waals surface area contributed by atoms with E-state index in [0.29, 0.717) is 11.1 Å². The topological polar surface area (TPSA) is 60.9 Å². The van der Waals surface area contributed by atoms with E-state index >= 15 is 0 Å². The molecule has 0 bridgehead atoms. The molecule has 0 radical (unpaired) electrons. The van der Waals surface area contributed by atoms with E-state index in [9.17, 15) is 23.2 Å². The van der Waals surface area contributed by atoms with Crippen LogP contribution in [0.4, 0.5) is 8.78 Å². The number of Topliss-reactive ketones (excluding diaryl/α,β-unsaturated/α-hetero) is 3. The van der Waals surface area contributed by atoms with Crippen LogP contribution >= 0.6 is 0 Å². The van der Waals surface area contributed by atoms with Gasteiger partial charge in [-0.2, -0.15) is 0 Å². The van der Waals surface area contributed by atoms with Gasteiger partial charge in [-0.15, -0.1) is 0 Å². The first-order valence-electron chi connectivity index (χ1n) is 21.9. The van der Waals surface area contributed by atoms with E-state index in [4.69, 9.17) is 0 Å². The van der Waals surface area contributed by atoms with Gasteiger partial charge >= 0.3 is 0 Å². The monoisotopic (exact) mass is 800 g/mol. The Morgan fingerprint density at radius 3 is 1.21 bits per heavy atom. The molecule has 0 amide bonds. The molecule has 6 nitrogen and oxygen atoms in total.